The lowest BCUT2D eigenvalue weighted by atomic mass is 9.91. The number of aromatic nitrogens is 2. The molecule has 0 spiro atoms. The van der Waals surface area contributed by atoms with Crippen molar-refractivity contribution < 1.29 is 22.5 Å². The average Bonchev–Trinajstić information content (AvgIpc) is 2.98. The molecule has 21 heavy (non-hydrogen) atoms. The summed E-state index contributed by atoms with van der Waals surface area (Å²) in [7, 11) is 0.374. The van der Waals surface area contributed by atoms with E-state index in [-0.39, 0.29) is 29.9 Å². The van der Waals surface area contributed by atoms with Gasteiger partial charge in [-0.2, -0.15) is 4.98 Å². The number of nitrogens with zero attached hydrogens (tertiary/aromatic N) is 3. The first kappa shape index (κ1) is 15.7. The highest BCUT2D eigenvalue weighted by atomic mass is 32.2. The number of carbonyl (C=O) groups is 1. The van der Waals surface area contributed by atoms with Crippen LogP contribution in [0.1, 0.15) is 25.2 Å². The van der Waals surface area contributed by atoms with E-state index in [1.54, 1.807) is 25.9 Å². The fraction of sp³-hybridized carbons (Fsp3) is 0.750. The van der Waals surface area contributed by atoms with Crippen molar-refractivity contribution in [3.05, 3.63) is 5.89 Å². The van der Waals surface area contributed by atoms with Crippen molar-refractivity contribution >= 4 is 21.8 Å². The van der Waals surface area contributed by atoms with Crippen molar-refractivity contribution in [1.82, 2.24) is 10.1 Å². The van der Waals surface area contributed by atoms with Gasteiger partial charge in [-0.25, -0.2) is 8.42 Å². The van der Waals surface area contributed by atoms with Crippen molar-refractivity contribution in [1.29, 1.82) is 0 Å². The lowest BCUT2D eigenvalue weighted by Crippen LogP contribution is -2.25. The Morgan fingerprint density at radius 3 is 2.71 bits per heavy atom. The standard InChI is InChI=1S/C12H19N3O5S/c1-4-19-11(16)9(8-5-6-21(17,18)7-8)10-13-12(14-20-10)15(2)3/h8-9H,4-7H2,1-3H3. The van der Waals surface area contributed by atoms with Gasteiger partial charge in [-0.3, -0.25) is 4.79 Å². The third-order valence-electron chi connectivity index (χ3n) is 3.38. The first-order valence-electron chi connectivity index (χ1n) is 6.72. The van der Waals surface area contributed by atoms with Gasteiger partial charge in [0.25, 0.3) is 5.95 Å². The van der Waals surface area contributed by atoms with Crippen LogP contribution in [0.5, 0.6) is 0 Å². The minimum Gasteiger partial charge on any atom is -0.465 e. The molecule has 1 aromatic heterocycles. The number of hydrogen-bond donors (Lipinski definition) is 0. The Bertz CT molecular complexity index is 610. The molecule has 0 saturated carbocycles. The van der Waals surface area contributed by atoms with Gasteiger partial charge in [-0.15, -0.1) is 0 Å². The molecule has 1 aromatic rings. The summed E-state index contributed by atoms with van der Waals surface area (Å²) >= 11 is 0. The third kappa shape index (κ3) is 3.52. The fourth-order valence-electron chi connectivity index (χ4n) is 2.35. The molecule has 2 unspecified atom stereocenters. The van der Waals surface area contributed by atoms with Gasteiger partial charge in [-0.05, 0) is 24.4 Å². The van der Waals surface area contributed by atoms with E-state index >= 15 is 0 Å². The topological polar surface area (TPSA) is 103 Å². The SMILES string of the molecule is CCOC(=O)C(c1nc(N(C)C)no1)C1CCS(=O)(=O)C1. The molecule has 0 amide bonds. The summed E-state index contributed by atoms with van der Waals surface area (Å²) in [6.45, 7) is 1.91. The summed E-state index contributed by atoms with van der Waals surface area (Å²) in [5.74, 6) is -1.28. The van der Waals surface area contributed by atoms with Gasteiger partial charge >= 0.3 is 5.97 Å². The van der Waals surface area contributed by atoms with Crippen LogP contribution in [0.2, 0.25) is 0 Å². The second-order valence-electron chi connectivity index (χ2n) is 5.22. The van der Waals surface area contributed by atoms with E-state index < -0.39 is 21.7 Å². The van der Waals surface area contributed by atoms with E-state index in [4.69, 9.17) is 9.26 Å². The average molecular weight is 317 g/mol. The van der Waals surface area contributed by atoms with Crippen LogP contribution in [0.4, 0.5) is 5.95 Å². The molecule has 1 fully saturated rings. The number of rotatable bonds is 5. The quantitative estimate of drug-likeness (QED) is 0.710. The van der Waals surface area contributed by atoms with Gasteiger partial charge in [0.05, 0.1) is 18.1 Å². The van der Waals surface area contributed by atoms with Crippen LogP contribution >= 0.6 is 0 Å². The molecule has 2 atom stereocenters. The fourth-order valence-corrected chi connectivity index (χ4v) is 4.19. The molecule has 9 heteroatoms. The van der Waals surface area contributed by atoms with Crippen LogP contribution in [0, 0.1) is 5.92 Å². The molecular weight excluding hydrogens is 298 g/mol. The van der Waals surface area contributed by atoms with E-state index in [2.05, 4.69) is 10.1 Å². The summed E-state index contributed by atoms with van der Waals surface area (Å²) in [5.41, 5.74) is 0. The van der Waals surface area contributed by atoms with E-state index in [9.17, 15) is 13.2 Å². The number of hydrogen-bond acceptors (Lipinski definition) is 8. The molecule has 1 saturated heterocycles. The van der Waals surface area contributed by atoms with Crippen LogP contribution in [-0.4, -0.2) is 56.7 Å². The van der Waals surface area contributed by atoms with Crippen molar-refractivity contribution in [2.45, 2.75) is 19.3 Å². The van der Waals surface area contributed by atoms with Crippen LogP contribution in [0.25, 0.3) is 0 Å². The number of carbonyl (C=O) groups excluding carboxylic acids is 1. The van der Waals surface area contributed by atoms with Gasteiger partial charge in [0, 0.05) is 14.1 Å². The Morgan fingerprint density at radius 1 is 1.52 bits per heavy atom. The lowest BCUT2D eigenvalue weighted by molar-refractivity contribution is -0.146. The maximum absolute atomic E-state index is 12.2. The number of sulfone groups is 1. The summed E-state index contributed by atoms with van der Waals surface area (Å²) < 4.78 is 33.5. The molecule has 2 rings (SSSR count). The number of esters is 1. The number of anilines is 1. The van der Waals surface area contributed by atoms with Gasteiger partial charge in [0.15, 0.2) is 9.84 Å². The molecular formula is C12H19N3O5S. The molecule has 118 valence electrons. The summed E-state index contributed by atoms with van der Waals surface area (Å²) in [6.07, 6.45) is 0.394. The Kier molecular flexibility index (Phi) is 4.50. The predicted molar refractivity (Wildman–Crippen MR) is 74.8 cm³/mol. The molecule has 2 heterocycles. The van der Waals surface area contributed by atoms with Crippen LogP contribution in [-0.2, 0) is 19.4 Å². The summed E-state index contributed by atoms with van der Waals surface area (Å²) in [4.78, 5) is 18.0. The summed E-state index contributed by atoms with van der Waals surface area (Å²) in [5, 5.41) is 3.77. The molecule has 1 aliphatic rings. The Morgan fingerprint density at radius 2 is 2.24 bits per heavy atom. The van der Waals surface area contributed by atoms with Crippen LogP contribution < -0.4 is 4.90 Å². The van der Waals surface area contributed by atoms with Gasteiger partial charge in [0.2, 0.25) is 5.89 Å². The molecule has 8 nitrogen and oxygen atoms in total. The number of ether oxygens (including phenoxy) is 1. The monoisotopic (exact) mass is 317 g/mol. The highest BCUT2D eigenvalue weighted by Crippen LogP contribution is 2.34. The second kappa shape index (κ2) is 6.00. The highest BCUT2D eigenvalue weighted by Gasteiger charge is 2.42. The van der Waals surface area contributed by atoms with Crippen molar-refractivity contribution in [3.63, 3.8) is 0 Å². The van der Waals surface area contributed by atoms with Crippen molar-refractivity contribution in [2.24, 2.45) is 5.92 Å². The Balaban J connectivity index is 2.29. The molecule has 0 radical (unpaired) electrons. The van der Waals surface area contributed by atoms with Crippen molar-refractivity contribution in [3.8, 4) is 0 Å². The smallest absolute Gasteiger partial charge is 0.318 e. The molecule has 0 aromatic carbocycles. The normalized spacial score (nSPS) is 22.0. The first-order valence-corrected chi connectivity index (χ1v) is 8.54. The van der Waals surface area contributed by atoms with Gasteiger partial charge < -0.3 is 14.2 Å². The molecule has 0 bridgehead atoms. The Labute approximate surface area is 123 Å². The molecule has 0 aliphatic carbocycles. The summed E-state index contributed by atoms with van der Waals surface area (Å²) in [6, 6.07) is 0. The largest absolute Gasteiger partial charge is 0.465 e. The van der Waals surface area contributed by atoms with E-state index in [0.29, 0.717) is 12.4 Å². The zero-order chi connectivity index (χ0) is 15.6. The van der Waals surface area contributed by atoms with Gasteiger partial charge in [0.1, 0.15) is 5.92 Å². The van der Waals surface area contributed by atoms with Gasteiger partial charge in [-0.1, -0.05) is 0 Å². The lowest BCUT2D eigenvalue weighted by Gasteiger charge is -2.16. The van der Waals surface area contributed by atoms with E-state index in [1.165, 1.54) is 0 Å². The zero-order valence-electron chi connectivity index (χ0n) is 12.3. The predicted octanol–water partition coefficient (Wildman–Crippen LogP) is 0.217. The maximum Gasteiger partial charge on any atom is 0.318 e. The van der Waals surface area contributed by atoms with Crippen molar-refractivity contribution in [2.75, 3.05) is 37.1 Å². The molecule has 1 aliphatic heterocycles. The second-order valence-corrected chi connectivity index (χ2v) is 7.45. The zero-order valence-corrected chi connectivity index (χ0v) is 13.1. The van der Waals surface area contributed by atoms with E-state index in [0.717, 1.165) is 0 Å². The minimum absolute atomic E-state index is 0.0594. The highest BCUT2D eigenvalue weighted by molar-refractivity contribution is 7.91. The van der Waals surface area contributed by atoms with Crippen LogP contribution in [0.3, 0.4) is 0 Å². The van der Waals surface area contributed by atoms with Crippen LogP contribution in [0.15, 0.2) is 4.52 Å². The third-order valence-corrected chi connectivity index (χ3v) is 5.17. The minimum atomic E-state index is -3.11. The Hall–Kier alpha value is -1.64. The first-order chi connectivity index (χ1) is 9.84. The maximum atomic E-state index is 12.2. The van der Waals surface area contributed by atoms with E-state index in [1.807, 2.05) is 0 Å². The molecule has 0 N–H and O–H groups in total.